The molecule has 0 aliphatic carbocycles. The first-order chi connectivity index (χ1) is 17.1. The van der Waals surface area contributed by atoms with Crippen molar-refractivity contribution in [3.05, 3.63) is 90.1 Å². The molecular weight excluding hydrogens is 442 g/mol. The maximum Gasteiger partial charge on any atom is 0.256 e. The highest BCUT2D eigenvalue weighted by atomic mass is 16.5. The lowest BCUT2D eigenvalue weighted by Gasteiger charge is -2.12. The first-order valence-electron chi connectivity index (χ1n) is 11.0. The second kappa shape index (κ2) is 9.30. The number of anilines is 1. The number of nitrogens with one attached hydrogen (secondary N) is 1. The molecule has 0 unspecified atom stereocenters. The Morgan fingerprint density at radius 1 is 0.800 bits per heavy atom. The number of benzene rings is 3. The molecule has 0 saturated carbocycles. The quantitative estimate of drug-likeness (QED) is 0.324. The summed E-state index contributed by atoms with van der Waals surface area (Å²) < 4.78 is 16.9. The Labute approximate surface area is 202 Å². The summed E-state index contributed by atoms with van der Waals surface area (Å²) in [5, 5.41) is 4.44. The highest BCUT2D eigenvalue weighted by Gasteiger charge is 2.14. The van der Waals surface area contributed by atoms with Gasteiger partial charge in [-0.05, 0) is 49.4 Å². The summed E-state index contributed by atoms with van der Waals surface area (Å²) in [6, 6.07) is 22.1. The van der Waals surface area contributed by atoms with Crippen molar-refractivity contribution in [1.82, 2.24) is 9.97 Å². The fourth-order valence-corrected chi connectivity index (χ4v) is 3.88. The molecule has 7 heteroatoms. The number of fused-ring (bicyclic) bond motifs is 2. The van der Waals surface area contributed by atoms with Gasteiger partial charge in [0.1, 0.15) is 5.75 Å². The molecule has 1 amide bonds. The summed E-state index contributed by atoms with van der Waals surface area (Å²) in [6.07, 6.45) is 1.66. The van der Waals surface area contributed by atoms with Crippen LogP contribution in [0.4, 0.5) is 5.69 Å². The molecule has 0 bridgehead atoms. The van der Waals surface area contributed by atoms with Crippen molar-refractivity contribution < 1.29 is 19.0 Å². The van der Waals surface area contributed by atoms with E-state index in [1.807, 2.05) is 55.5 Å². The molecule has 2 heterocycles. The summed E-state index contributed by atoms with van der Waals surface area (Å²) in [5.74, 6) is 1.95. The van der Waals surface area contributed by atoms with Gasteiger partial charge in [-0.3, -0.25) is 9.78 Å². The van der Waals surface area contributed by atoms with Gasteiger partial charge in [0.15, 0.2) is 11.5 Å². The van der Waals surface area contributed by atoms with Crippen LogP contribution in [0.5, 0.6) is 23.1 Å². The van der Waals surface area contributed by atoms with Crippen LogP contribution in [0, 0.1) is 6.92 Å². The van der Waals surface area contributed by atoms with Crippen LogP contribution in [-0.2, 0) is 0 Å². The molecule has 35 heavy (non-hydrogen) atoms. The van der Waals surface area contributed by atoms with E-state index in [0.717, 1.165) is 22.0 Å². The number of amides is 1. The van der Waals surface area contributed by atoms with Crippen LogP contribution in [0.2, 0.25) is 0 Å². The van der Waals surface area contributed by atoms with E-state index < -0.39 is 0 Å². The predicted octanol–water partition coefficient (Wildman–Crippen LogP) is 6.15. The van der Waals surface area contributed by atoms with Crippen molar-refractivity contribution in [2.75, 3.05) is 19.5 Å². The number of carbonyl (C=O) groups is 1. The lowest BCUT2D eigenvalue weighted by molar-refractivity contribution is 0.102. The highest BCUT2D eigenvalue weighted by molar-refractivity contribution is 6.12. The Morgan fingerprint density at radius 3 is 2.34 bits per heavy atom. The number of methoxy groups -OCH3 is 2. The number of nitrogens with zero attached hydrogens (tertiary/aromatic N) is 2. The first kappa shape index (κ1) is 22.2. The van der Waals surface area contributed by atoms with Crippen molar-refractivity contribution in [2.45, 2.75) is 6.92 Å². The zero-order valence-corrected chi connectivity index (χ0v) is 19.5. The van der Waals surface area contributed by atoms with E-state index in [1.165, 1.54) is 0 Å². The Hall–Kier alpha value is -4.65. The molecule has 0 atom stereocenters. The van der Waals surface area contributed by atoms with E-state index in [2.05, 4.69) is 15.3 Å². The molecule has 0 fully saturated rings. The number of hydrogen-bond acceptors (Lipinski definition) is 6. The summed E-state index contributed by atoms with van der Waals surface area (Å²) in [4.78, 5) is 22.0. The molecule has 5 aromatic rings. The molecule has 3 aromatic carbocycles. The van der Waals surface area contributed by atoms with Gasteiger partial charge in [0.25, 0.3) is 5.91 Å². The van der Waals surface area contributed by atoms with Crippen LogP contribution in [0.15, 0.2) is 79.0 Å². The first-order valence-corrected chi connectivity index (χ1v) is 11.0. The molecule has 174 valence electrons. The van der Waals surface area contributed by atoms with Crippen molar-refractivity contribution in [1.29, 1.82) is 0 Å². The van der Waals surface area contributed by atoms with Crippen molar-refractivity contribution in [3.63, 3.8) is 0 Å². The van der Waals surface area contributed by atoms with Crippen molar-refractivity contribution >= 4 is 33.4 Å². The number of ether oxygens (including phenoxy) is 3. The Kier molecular flexibility index (Phi) is 5.89. The largest absolute Gasteiger partial charge is 0.493 e. The topological polar surface area (TPSA) is 82.6 Å². The minimum absolute atomic E-state index is 0.198. The van der Waals surface area contributed by atoms with E-state index in [9.17, 15) is 4.79 Å². The molecule has 7 nitrogen and oxygen atoms in total. The molecule has 0 spiro atoms. The van der Waals surface area contributed by atoms with Gasteiger partial charge in [0.2, 0.25) is 5.88 Å². The Balaban J connectivity index is 1.46. The number of hydrogen-bond donors (Lipinski definition) is 1. The van der Waals surface area contributed by atoms with Crippen LogP contribution >= 0.6 is 0 Å². The summed E-state index contributed by atoms with van der Waals surface area (Å²) in [6.45, 7) is 2.00. The third kappa shape index (κ3) is 4.44. The Morgan fingerprint density at radius 2 is 1.57 bits per heavy atom. The fourth-order valence-electron chi connectivity index (χ4n) is 3.88. The third-order valence-corrected chi connectivity index (χ3v) is 5.68. The maximum atomic E-state index is 12.9. The van der Waals surface area contributed by atoms with Gasteiger partial charge < -0.3 is 19.5 Å². The molecule has 0 aliphatic rings. The van der Waals surface area contributed by atoms with Crippen LogP contribution in [0.1, 0.15) is 15.9 Å². The average molecular weight is 466 g/mol. The second-order valence-electron chi connectivity index (χ2n) is 7.98. The highest BCUT2D eigenvalue weighted by Crippen LogP contribution is 2.36. The number of carbonyl (C=O) groups excluding carboxylic acids is 1. The van der Waals surface area contributed by atoms with E-state index in [1.54, 1.807) is 44.7 Å². The predicted molar refractivity (Wildman–Crippen MR) is 136 cm³/mol. The van der Waals surface area contributed by atoms with Gasteiger partial charge in [-0.1, -0.05) is 23.8 Å². The fraction of sp³-hybridized carbons (Fsp3) is 0.107. The SMILES string of the molecule is COc1cc2nccc(Oc3ccc4c(C(=O)Nc5ccc(C)cc5)cccc4n3)c2cc1OC. The second-order valence-corrected chi connectivity index (χ2v) is 7.98. The summed E-state index contributed by atoms with van der Waals surface area (Å²) >= 11 is 0. The summed E-state index contributed by atoms with van der Waals surface area (Å²) in [7, 11) is 3.16. The molecule has 0 radical (unpaired) electrons. The summed E-state index contributed by atoms with van der Waals surface area (Å²) in [5.41, 5.74) is 3.76. The van der Waals surface area contributed by atoms with E-state index >= 15 is 0 Å². The standard InChI is InChI=1S/C28H23N3O4/c1-17-7-9-18(10-8-17)30-28(32)20-5-4-6-22-19(20)11-12-27(31-22)35-24-13-14-29-23-16-26(34-3)25(33-2)15-21(23)24/h4-16H,1-3H3,(H,30,32). The molecule has 5 rings (SSSR count). The smallest absolute Gasteiger partial charge is 0.256 e. The van der Waals surface area contributed by atoms with Gasteiger partial charge >= 0.3 is 0 Å². The van der Waals surface area contributed by atoms with Crippen molar-refractivity contribution in [2.24, 2.45) is 0 Å². The zero-order valence-electron chi connectivity index (χ0n) is 19.5. The average Bonchev–Trinajstić information content (AvgIpc) is 2.88. The lowest BCUT2D eigenvalue weighted by atomic mass is 10.1. The lowest BCUT2D eigenvalue weighted by Crippen LogP contribution is -2.12. The zero-order chi connectivity index (χ0) is 24.4. The monoisotopic (exact) mass is 465 g/mol. The van der Waals surface area contributed by atoms with Crippen LogP contribution in [-0.4, -0.2) is 30.1 Å². The number of aryl methyl sites for hydroxylation is 1. The third-order valence-electron chi connectivity index (χ3n) is 5.68. The molecular formula is C28H23N3O4. The Bertz CT molecular complexity index is 1550. The van der Waals surface area contributed by atoms with Gasteiger partial charge in [0.05, 0.1) is 25.3 Å². The van der Waals surface area contributed by atoms with Gasteiger partial charge in [0, 0.05) is 40.4 Å². The van der Waals surface area contributed by atoms with Crippen LogP contribution in [0.25, 0.3) is 21.8 Å². The van der Waals surface area contributed by atoms with E-state index in [0.29, 0.717) is 39.7 Å². The number of rotatable bonds is 6. The van der Waals surface area contributed by atoms with Gasteiger partial charge in [-0.15, -0.1) is 0 Å². The van der Waals surface area contributed by atoms with Crippen LogP contribution < -0.4 is 19.5 Å². The van der Waals surface area contributed by atoms with E-state index in [4.69, 9.17) is 14.2 Å². The van der Waals surface area contributed by atoms with Crippen LogP contribution in [0.3, 0.4) is 0 Å². The molecule has 2 aromatic heterocycles. The maximum absolute atomic E-state index is 12.9. The number of aromatic nitrogens is 2. The minimum atomic E-state index is -0.198. The van der Waals surface area contributed by atoms with Gasteiger partial charge in [-0.2, -0.15) is 0 Å². The van der Waals surface area contributed by atoms with Crippen molar-refractivity contribution in [3.8, 4) is 23.1 Å². The number of pyridine rings is 2. The molecule has 1 N–H and O–H groups in total. The van der Waals surface area contributed by atoms with Gasteiger partial charge in [-0.25, -0.2) is 4.98 Å². The minimum Gasteiger partial charge on any atom is -0.493 e. The molecule has 0 saturated heterocycles. The normalized spacial score (nSPS) is 10.8. The molecule has 0 aliphatic heterocycles. The van der Waals surface area contributed by atoms with E-state index in [-0.39, 0.29) is 5.91 Å².